The van der Waals surface area contributed by atoms with Gasteiger partial charge in [0.1, 0.15) is 0 Å². The first kappa shape index (κ1) is 19.2. The molecule has 1 aliphatic heterocycles. The number of carbonyl (C=O) groups is 1. The van der Waals surface area contributed by atoms with Crippen LogP contribution in [0.4, 0.5) is 0 Å². The van der Waals surface area contributed by atoms with Gasteiger partial charge >= 0.3 is 5.97 Å². The van der Waals surface area contributed by atoms with Gasteiger partial charge < -0.3 is 28.8 Å². The number of phenols is 1. The van der Waals surface area contributed by atoms with E-state index in [2.05, 4.69) is 0 Å². The third kappa shape index (κ3) is 2.92. The first-order chi connectivity index (χ1) is 14.0. The predicted octanol–water partition coefficient (Wildman–Crippen LogP) is 2.90. The van der Waals surface area contributed by atoms with Gasteiger partial charge in [0.05, 0.1) is 41.0 Å². The standard InChI is InChI=1S/C22H24O7/c1-25-15-8-11(5-6-14(15)23)17-18-12(7-13-10-29-22(24)19(13)17)9-16(26-2)20(27-3)21(18)28-4/h5-6,8-9,13,17,19,23H,7,10H2,1-4H3. The van der Waals surface area contributed by atoms with Gasteiger partial charge in [0.15, 0.2) is 23.0 Å². The Hall–Kier alpha value is -3.09. The normalized spacial score (nSPS) is 22.3. The first-order valence-electron chi connectivity index (χ1n) is 9.39. The molecular weight excluding hydrogens is 376 g/mol. The molecule has 1 N–H and O–H groups in total. The fraction of sp³-hybridized carbons (Fsp3) is 0.409. The van der Waals surface area contributed by atoms with Crippen molar-refractivity contribution in [3.63, 3.8) is 0 Å². The molecule has 0 saturated carbocycles. The number of ether oxygens (including phenoxy) is 5. The van der Waals surface area contributed by atoms with Gasteiger partial charge in [-0.25, -0.2) is 0 Å². The lowest BCUT2D eigenvalue weighted by Crippen LogP contribution is -2.32. The quantitative estimate of drug-likeness (QED) is 0.773. The second kappa shape index (κ2) is 7.39. The van der Waals surface area contributed by atoms with E-state index in [-0.39, 0.29) is 29.5 Å². The van der Waals surface area contributed by atoms with E-state index < -0.39 is 0 Å². The van der Waals surface area contributed by atoms with Crippen LogP contribution in [-0.2, 0) is 16.0 Å². The molecule has 29 heavy (non-hydrogen) atoms. The van der Waals surface area contributed by atoms with E-state index in [0.29, 0.717) is 36.0 Å². The fourth-order valence-corrected chi connectivity index (χ4v) is 4.64. The molecule has 1 saturated heterocycles. The summed E-state index contributed by atoms with van der Waals surface area (Å²) in [6, 6.07) is 7.08. The number of fused-ring (bicyclic) bond motifs is 2. The minimum atomic E-state index is -0.358. The molecule has 3 unspecified atom stereocenters. The summed E-state index contributed by atoms with van der Waals surface area (Å²) in [4.78, 5) is 12.7. The van der Waals surface area contributed by atoms with E-state index in [9.17, 15) is 9.90 Å². The summed E-state index contributed by atoms with van der Waals surface area (Å²) in [5.41, 5.74) is 2.73. The molecule has 0 spiro atoms. The number of benzene rings is 2. The van der Waals surface area contributed by atoms with E-state index in [1.807, 2.05) is 6.07 Å². The van der Waals surface area contributed by atoms with Gasteiger partial charge in [0, 0.05) is 17.4 Å². The third-order valence-corrected chi connectivity index (χ3v) is 5.89. The van der Waals surface area contributed by atoms with E-state index in [0.717, 1.165) is 16.7 Å². The summed E-state index contributed by atoms with van der Waals surface area (Å²) in [7, 11) is 6.21. The zero-order valence-electron chi connectivity index (χ0n) is 16.9. The Morgan fingerprint density at radius 3 is 2.34 bits per heavy atom. The lowest BCUT2D eigenvalue weighted by Gasteiger charge is -2.35. The van der Waals surface area contributed by atoms with Gasteiger partial charge in [-0.3, -0.25) is 4.79 Å². The van der Waals surface area contributed by atoms with Crippen molar-refractivity contribution in [1.82, 2.24) is 0 Å². The Kier molecular flexibility index (Phi) is 4.90. The Morgan fingerprint density at radius 1 is 0.966 bits per heavy atom. The molecule has 2 aromatic rings. The summed E-state index contributed by atoms with van der Waals surface area (Å²) >= 11 is 0. The Balaban J connectivity index is 1.99. The van der Waals surface area contributed by atoms with Crippen molar-refractivity contribution in [2.45, 2.75) is 12.3 Å². The average Bonchev–Trinajstić information content (AvgIpc) is 3.11. The van der Waals surface area contributed by atoms with Crippen LogP contribution in [0, 0.1) is 11.8 Å². The molecule has 1 heterocycles. The summed E-state index contributed by atoms with van der Waals surface area (Å²) in [5.74, 6) is 1.11. The predicted molar refractivity (Wildman–Crippen MR) is 104 cm³/mol. The topological polar surface area (TPSA) is 83.5 Å². The number of cyclic esters (lactones) is 1. The van der Waals surface area contributed by atoms with Crippen molar-refractivity contribution in [2.24, 2.45) is 11.8 Å². The highest BCUT2D eigenvalue weighted by Crippen LogP contribution is 2.55. The Morgan fingerprint density at radius 2 is 1.69 bits per heavy atom. The summed E-state index contributed by atoms with van der Waals surface area (Å²) in [6.45, 7) is 0.380. The van der Waals surface area contributed by atoms with Gasteiger partial charge in [-0.1, -0.05) is 6.07 Å². The smallest absolute Gasteiger partial charge is 0.310 e. The SMILES string of the molecule is COc1cc(C2c3c(cc(OC)c(OC)c3OC)CC3COC(=O)C32)ccc1O. The van der Waals surface area contributed by atoms with Crippen LogP contribution in [0.2, 0.25) is 0 Å². The zero-order chi connectivity index (χ0) is 20.7. The minimum absolute atomic E-state index is 0.0390. The summed E-state index contributed by atoms with van der Waals surface area (Å²) in [6.07, 6.45) is 0.675. The van der Waals surface area contributed by atoms with Gasteiger partial charge in [-0.2, -0.15) is 0 Å². The van der Waals surface area contributed by atoms with Crippen LogP contribution < -0.4 is 18.9 Å². The molecule has 154 valence electrons. The number of carbonyl (C=O) groups excluding carboxylic acids is 1. The molecule has 1 aliphatic carbocycles. The molecule has 0 amide bonds. The molecule has 0 radical (unpaired) electrons. The van der Waals surface area contributed by atoms with Gasteiger partial charge in [-0.05, 0) is 35.7 Å². The highest BCUT2D eigenvalue weighted by Gasteiger charge is 2.49. The lowest BCUT2D eigenvalue weighted by atomic mass is 9.67. The molecule has 0 bridgehead atoms. The third-order valence-electron chi connectivity index (χ3n) is 5.89. The molecular formula is C22H24O7. The van der Waals surface area contributed by atoms with Crippen molar-refractivity contribution < 1.29 is 33.6 Å². The second-order valence-corrected chi connectivity index (χ2v) is 7.25. The largest absolute Gasteiger partial charge is 0.504 e. The van der Waals surface area contributed by atoms with Crippen molar-refractivity contribution in [3.05, 3.63) is 41.0 Å². The van der Waals surface area contributed by atoms with Gasteiger partial charge in [-0.15, -0.1) is 0 Å². The number of hydrogen-bond acceptors (Lipinski definition) is 7. The molecule has 7 heteroatoms. The lowest BCUT2D eigenvalue weighted by molar-refractivity contribution is -0.141. The van der Waals surface area contributed by atoms with Crippen molar-refractivity contribution in [2.75, 3.05) is 35.0 Å². The first-order valence-corrected chi connectivity index (χ1v) is 9.39. The number of methoxy groups -OCH3 is 4. The minimum Gasteiger partial charge on any atom is -0.504 e. The van der Waals surface area contributed by atoms with E-state index in [1.54, 1.807) is 39.5 Å². The van der Waals surface area contributed by atoms with E-state index in [4.69, 9.17) is 23.7 Å². The van der Waals surface area contributed by atoms with Crippen LogP contribution in [0.15, 0.2) is 24.3 Å². The maximum absolute atomic E-state index is 12.7. The number of phenolic OH excluding ortho intramolecular Hbond substituents is 1. The molecule has 1 fully saturated rings. The molecule has 0 aromatic heterocycles. The van der Waals surface area contributed by atoms with E-state index in [1.165, 1.54) is 7.11 Å². The van der Waals surface area contributed by atoms with Crippen molar-refractivity contribution in [3.8, 4) is 28.7 Å². The van der Waals surface area contributed by atoms with Crippen LogP contribution in [0.3, 0.4) is 0 Å². The van der Waals surface area contributed by atoms with E-state index >= 15 is 0 Å². The monoisotopic (exact) mass is 400 g/mol. The summed E-state index contributed by atoms with van der Waals surface area (Å²) in [5, 5.41) is 10.0. The average molecular weight is 400 g/mol. The van der Waals surface area contributed by atoms with Gasteiger partial charge in [0.2, 0.25) is 5.75 Å². The van der Waals surface area contributed by atoms with Crippen LogP contribution in [0.5, 0.6) is 28.7 Å². The Bertz CT molecular complexity index is 953. The van der Waals surface area contributed by atoms with Crippen LogP contribution in [0.1, 0.15) is 22.6 Å². The fourth-order valence-electron chi connectivity index (χ4n) is 4.64. The Labute approximate surface area is 169 Å². The number of aromatic hydroxyl groups is 1. The number of rotatable bonds is 5. The molecule has 2 aliphatic rings. The highest BCUT2D eigenvalue weighted by atomic mass is 16.5. The van der Waals surface area contributed by atoms with Crippen molar-refractivity contribution in [1.29, 1.82) is 0 Å². The van der Waals surface area contributed by atoms with Crippen LogP contribution >= 0.6 is 0 Å². The number of esters is 1. The van der Waals surface area contributed by atoms with Gasteiger partial charge in [0.25, 0.3) is 0 Å². The number of hydrogen-bond donors (Lipinski definition) is 1. The molecule has 4 rings (SSSR count). The second-order valence-electron chi connectivity index (χ2n) is 7.25. The zero-order valence-corrected chi connectivity index (χ0v) is 16.9. The van der Waals surface area contributed by atoms with Crippen LogP contribution in [-0.4, -0.2) is 46.1 Å². The van der Waals surface area contributed by atoms with Crippen LogP contribution in [0.25, 0.3) is 0 Å². The summed E-state index contributed by atoms with van der Waals surface area (Å²) < 4.78 is 27.6. The maximum Gasteiger partial charge on any atom is 0.310 e. The highest BCUT2D eigenvalue weighted by molar-refractivity contribution is 5.79. The van der Waals surface area contributed by atoms with Crippen molar-refractivity contribution >= 4 is 5.97 Å². The molecule has 3 atom stereocenters. The molecule has 7 nitrogen and oxygen atoms in total. The maximum atomic E-state index is 12.7. The molecule has 2 aromatic carbocycles.